The van der Waals surface area contributed by atoms with Crippen molar-refractivity contribution in [1.82, 2.24) is 19.5 Å². The van der Waals surface area contributed by atoms with Gasteiger partial charge in [0, 0.05) is 68.1 Å². The van der Waals surface area contributed by atoms with Crippen molar-refractivity contribution < 1.29 is 8.78 Å². The normalized spacial score (nSPS) is 19.2. The Labute approximate surface area is 177 Å². The summed E-state index contributed by atoms with van der Waals surface area (Å²) in [6.45, 7) is 3.22. The number of nitrogens with one attached hydrogen (secondary N) is 1. The molecule has 31 heavy (non-hydrogen) atoms. The summed E-state index contributed by atoms with van der Waals surface area (Å²) in [6.07, 6.45) is 4.32. The number of hydrogen-bond donors (Lipinski definition) is 2. The van der Waals surface area contributed by atoms with Gasteiger partial charge in [-0.25, -0.2) is 18.4 Å². The molecule has 10 heteroatoms. The SMILES string of the molecule is CN=CC(=CN)c1cnc2c(c1)CN(C1Nn3c(nc(C(F)F)cc3=O)C=C1C)CC2. The summed E-state index contributed by atoms with van der Waals surface area (Å²) >= 11 is 0. The van der Waals surface area contributed by atoms with Gasteiger partial charge in [-0.05, 0) is 30.2 Å². The van der Waals surface area contributed by atoms with Gasteiger partial charge in [-0.3, -0.25) is 25.1 Å². The van der Waals surface area contributed by atoms with E-state index < -0.39 is 17.7 Å². The number of alkyl halides is 2. The van der Waals surface area contributed by atoms with Crippen LogP contribution in [0.3, 0.4) is 0 Å². The molecule has 2 aliphatic rings. The number of pyridine rings is 1. The van der Waals surface area contributed by atoms with E-state index in [0.717, 1.165) is 47.0 Å². The smallest absolute Gasteiger partial charge is 0.280 e. The Morgan fingerprint density at radius 3 is 2.94 bits per heavy atom. The zero-order valence-corrected chi connectivity index (χ0v) is 17.2. The van der Waals surface area contributed by atoms with Gasteiger partial charge in [0.15, 0.2) is 5.82 Å². The minimum absolute atomic E-state index is 0.175. The topological polar surface area (TPSA) is 101 Å². The number of nitrogens with zero attached hydrogens (tertiary/aromatic N) is 5. The third-order valence-electron chi connectivity index (χ3n) is 5.44. The second-order valence-electron chi connectivity index (χ2n) is 7.49. The van der Waals surface area contributed by atoms with Crippen LogP contribution in [0.25, 0.3) is 11.6 Å². The van der Waals surface area contributed by atoms with Gasteiger partial charge in [0.1, 0.15) is 11.9 Å². The number of aliphatic imine (C=N–C) groups is 1. The lowest BCUT2D eigenvalue weighted by Crippen LogP contribution is -2.51. The van der Waals surface area contributed by atoms with Gasteiger partial charge in [-0.2, -0.15) is 0 Å². The number of allylic oxidation sites excluding steroid dienone is 1. The molecule has 0 saturated heterocycles. The van der Waals surface area contributed by atoms with Crippen LogP contribution in [-0.2, 0) is 13.0 Å². The summed E-state index contributed by atoms with van der Waals surface area (Å²) < 4.78 is 27.2. The van der Waals surface area contributed by atoms with E-state index in [0.29, 0.717) is 6.54 Å². The molecular formula is C21H23F2N7O. The van der Waals surface area contributed by atoms with Crippen LogP contribution in [0, 0.1) is 0 Å². The van der Waals surface area contributed by atoms with Crippen molar-refractivity contribution in [3.8, 4) is 0 Å². The molecule has 0 amide bonds. The van der Waals surface area contributed by atoms with Gasteiger partial charge in [0.25, 0.3) is 12.0 Å². The summed E-state index contributed by atoms with van der Waals surface area (Å²) in [6, 6.07) is 2.91. The zero-order chi connectivity index (χ0) is 22.1. The Morgan fingerprint density at radius 2 is 2.23 bits per heavy atom. The van der Waals surface area contributed by atoms with Gasteiger partial charge in [0.2, 0.25) is 0 Å². The summed E-state index contributed by atoms with van der Waals surface area (Å²) in [4.78, 5) is 27.1. The summed E-state index contributed by atoms with van der Waals surface area (Å²) in [5.41, 5.74) is 12.4. The number of hydrogen-bond acceptors (Lipinski definition) is 7. The van der Waals surface area contributed by atoms with Crippen LogP contribution in [0.1, 0.15) is 41.7 Å². The van der Waals surface area contributed by atoms with Gasteiger partial charge in [0.05, 0.1) is 0 Å². The molecule has 1 atom stereocenters. The summed E-state index contributed by atoms with van der Waals surface area (Å²) in [7, 11) is 1.68. The number of aromatic nitrogens is 3. The molecule has 0 bridgehead atoms. The van der Waals surface area contributed by atoms with Gasteiger partial charge in [-0.15, -0.1) is 0 Å². The molecular weight excluding hydrogens is 404 g/mol. The maximum absolute atomic E-state index is 13.0. The van der Waals surface area contributed by atoms with Crippen LogP contribution in [-0.4, -0.2) is 45.5 Å². The van der Waals surface area contributed by atoms with Gasteiger partial charge in [-0.1, -0.05) is 0 Å². The first-order chi connectivity index (χ1) is 14.9. The highest BCUT2D eigenvalue weighted by Crippen LogP contribution is 2.26. The Kier molecular flexibility index (Phi) is 5.64. The van der Waals surface area contributed by atoms with Crippen molar-refractivity contribution in [2.24, 2.45) is 10.7 Å². The molecule has 0 radical (unpaired) electrons. The second kappa shape index (κ2) is 8.38. The Bertz CT molecular complexity index is 1150. The quantitative estimate of drug-likeness (QED) is 0.723. The molecule has 2 aromatic rings. The molecule has 8 nitrogen and oxygen atoms in total. The largest absolute Gasteiger partial charge is 0.404 e. The van der Waals surface area contributed by atoms with E-state index in [-0.39, 0.29) is 12.0 Å². The van der Waals surface area contributed by atoms with E-state index in [1.165, 1.54) is 10.9 Å². The molecule has 162 valence electrons. The van der Waals surface area contributed by atoms with Gasteiger partial charge < -0.3 is 5.73 Å². The molecule has 2 aliphatic heterocycles. The lowest BCUT2D eigenvalue weighted by Gasteiger charge is -2.38. The minimum atomic E-state index is -2.80. The molecule has 4 heterocycles. The predicted molar refractivity (Wildman–Crippen MR) is 115 cm³/mol. The highest BCUT2D eigenvalue weighted by Gasteiger charge is 2.29. The average molecular weight is 427 g/mol. The monoisotopic (exact) mass is 427 g/mol. The Morgan fingerprint density at radius 1 is 1.42 bits per heavy atom. The fraction of sp³-hybridized carbons (Fsp3) is 0.333. The highest BCUT2D eigenvalue weighted by molar-refractivity contribution is 6.09. The van der Waals surface area contributed by atoms with Crippen molar-refractivity contribution >= 4 is 17.9 Å². The first-order valence-electron chi connectivity index (χ1n) is 9.84. The van der Waals surface area contributed by atoms with Crippen molar-refractivity contribution in [1.29, 1.82) is 0 Å². The maximum atomic E-state index is 13.0. The Hall–Kier alpha value is -3.40. The number of fused-ring (bicyclic) bond motifs is 2. The van der Waals surface area contributed by atoms with E-state index in [1.807, 2.05) is 13.0 Å². The lowest BCUT2D eigenvalue weighted by molar-refractivity contribution is 0.145. The molecule has 0 aliphatic carbocycles. The zero-order valence-electron chi connectivity index (χ0n) is 17.2. The molecule has 2 aromatic heterocycles. The van der Waals surface area contributed by atoms with E-state index in [4.69, 9.17) is 5.73 Å². The van der Waals surface area contributed by atoms with Crippen molar-refractivity contribution in [2.75, 3.05) is 19.0 Å². The van der Waals surface area contributed by atoms with E-state index >= 15 is 0 Å². The maximum Gasteiger partial charge on any atom is 0.280 e. The summed E-state index contributed by atoms with van der Waals surface area (Å²) in [5.74, 6) is 0.175. The van der Waals surface area contributed by atoms with Crippen LogP contribution in [0.15, 0.2) is 39.9 Å². The average Bonchev–Trinajstić information content (AvgIpc) is 2.76. The van der Waals surface area contributed by atoms with Crippen LogP contribution >= 0.6 is 0 Å². The minimum Gasteiger partial charge on any atom is -0.404 e. The van der Waals surface area contributed by atoms with Crippen LogP contribution < -0.4 is 16.7 Å². The third kappa shape index (κ3) is 3.98. The molecule has 0 fully saturated rings. The first-order valence-corrected chi connectivity index (χ1v) is 9.84. The molecule has 3 N–H and O–H groups in total. The molecule has 4 rings (SSSR count). The van der Waals surface area contributed by atoms with Crippen LogP contribution in [0.2, 0.25) is 0 Å². The fourth-order valence-corrected chi connectivity index (χ4v) is 3.91. The molecule has 0 aromatic carbocycles. The summed E-state index contributed by atoms with van der Waals surface area (Å²) in [5, 5.41) is 0. The lowest BCUT2D eigenvalue weighted by atomic mass is 9.99. The Balaban J connectivity index is 1.62. The standard InChI is InChI=1S/C21H23F2N7O/c1-12-5-18-27-17(20(22)23)7-19(31)30(18)28-21(12)29-4-3-16-14(11-29)6-13(10-26-16)15(8-24)9-25-2/h5-10,20-21,28H,3-4,11,24H2,1-2H3. The number of nitrogens with two attached hydrogens (primary N) is 1. The van der Waals surface area contributed by atoms with Gasteiger partial charge >= 0.3 is 0 Å². The number of rotatable bonds is 4. The van der Waals surface area contributed by atoms with E-state index in [9.17, 15) is 13.6 Å². The predicted octanol–water partition coefficient (Wildman–Crippen LogP) is 1.92. The molecule has 0 spiro atoms. The van der Waals surface area contributed by atoms with Crippen molar-refractivity contribution in [2.45, 2.75) is 32.5 Å². The fourth-order valence-electron chi connectivity index (χ4n) is 3.91. The van der Waals surface area contributed by atoms with Crippen LogP contribution in [0.5, 0.6) is 0 Å². The molecule has 1 unspecified atom stereocenters. The highest BCUT2D eigenvalue weighted by atomic mass is 19.3. The van der Waals surface area contributed by atoms with Crippen molar-refractivity contribution in [3.63, 3.8) is 0 Å². The molecule has 0 saturated carbocycles. The van der Waals surface area contributed by atoms with E-state index in [2.05, 4.69) is 25.3 Å². The number of halogens is 2. The second-order valence-corrected chi connectivity index (χ2v) is 7.49. The first kappa shape index (κ1) is 20.9. The third-order valence-corrected chi connectivity index (χ3v) is 5.44. The van der Waals surface area contributed by atoms with Crippen LogP contribution in [0.4, 0.5) is 8.78 Å². The van der Waals surface area contributed by atoms with E-state index in [1.54, 1.807) is 25.5 Å². The van der Waals surface area contributed by atoms with Crippen molar-refractivity contribution in [3.05, 3.63) is 68.8 Å².